The van der Waals surface area contributed by atoms with E-state index in [9.17, 15) is 9.90 Å². The molecule has 0 fully saturated rings. The largest absolute Gasteiger partial charge is 0.478 e. The minimum Gasteiger partial charge on any atom is -0.478 e. The molecular weight excluding hydrogens is 228 g/mol. The van der Waals surface area contributed by atoms with Crippen molar-refractivity contribution >= 4 is 11.8 Å². The van der Waals surface area contributed by atoms with Gasteiger partial charge in [0.1, 0.15) is 11.4 Å². The fourth-order valence-electron chi connectivity index (χ4n) is 2.17. The Morgan fingerprint density at radius 1 is 1.50 bits per heavy atom. The Balaban J connectivity index is 2.35. The van der Waals surface area contributed by atoms with Gasteiger partial charge < -0.3 is 10.4 Å². The molecule has 1 aromatic rings. The molecule has 2 rings (SSSR count). The molecule has 0 atom stereocenters. The molecule has 96 valence electrons. The fraction of sp³-hybridized carbons (Fsp3) is 0.429. The number of aromatic nitrogens is 1. The van der Waals surface area contributed by atoms with Crippen molar-refractivity contribution in [2.75, 3.05) is 11.9 Å². The molecule has 4 nitrogen and oxygen atoms in total. The average molecular weight is 246 g/mol. The van der Waals surface area contributed by atoms with Gasteiger partial charge in [-0.05, 0) is 44.2 Å². The lowest BCUT2D eigenvalue weighted by Gasteiger charge is -2.18. The highest BCUT2D eigenvalue weighted by atomic mass is 16.4. The van der Waals surface area contributed by atoms with Crippen LogP contribution in [0.2, 0.25) is 0 Å². The molecule has 0 aliphatic heterocycles. The van der Waals surface area contributed by atoms with Crippen molar-refractivity contribution in [3.05, 3.63) is 35.0 Å². The number of anilines is 1. The highest BCUT2D eigenvalue weighted by Gasteiger charge is 2.18. The summed E-state index contributed by atoms with van der Waals surface area (Å²) in [5.41, 5.74) is 3.33. The summed E-state index contributed by atoms with van der Waals surface area (Å²) in [7, 11) is 0. The van der Waals surface area contributed by atoms with Crippen molar-refractivity contribution in [3.63, 3.8) is 0 Å². The molecule has 0 amide bonds. The van der Waals surface area contributed by atoms with E-state index in [1.807, 2.05) is 6.92 Å². The smallest absolute Gasteiger partial charge is 0.339 e. The number of fused-ring (bicyclic) bond motifs is 1. The first-order valence-electron chi connectivity index (χ1n) is 6.22. The summed E-state index contributed by atoms with van der Waals surface area (Å²) in [6.45, 7) is 6.24. The van der Waals surface area contributed by atoms with Crippen LogP contribution >= 0.6 is 0 Å². The maximum absolute atomic E-state index is 11.2. The molecule has 0 saturated carbocycles. The molecule has 0 unspecified atom stereocenters. The summed E-state index contributed by atoms with van der Waals surface area (Å²) in [6, 6.07) is 1.77. The van der Waals surface area contributed by atoms with E-state index in [4.69, 9.17) is 0 Å². The number of rotatable bonds is 4. The van der Waals surface area contributed by atoms with Gasteiger partial charge in [-0.1, -0.05) is 12.2 Å². The van der Waals surface area contributed by atoms with Gasteiger partial charge in [0.2, 0.25) is 0 Å². The predicted molar refractivity (Wildman–Crippen MR) is 71.1 cm³/mol. The molecule has 1 aromatic heterocycles. The Bertz CT molecular complexity index is 495. The van der Waals surface area contributed by atoms with Crippen LogP contribution < -0.4 is 5.32 Å². The number of hydrogen-bond acceptors (Lipinski definition) is 3. The first kappa shape index (κ1) is 12.6. The van der Waals surface area contributed by atoms with Gasteiger partial charge >= 0.3 is 5.97 Å². The zero-order valence-corrected chi connectivity index (χ0v) is 10.6. The predicted octanol–water partition coefficient (Wildman–Crippen LogP) is 2.65. The third-order valence-corrected chi connectivity index (χ3v) is 3.09. The van der Waals surface area contributed by atoms with Crippen molar-refractivity contribution in [1.29, 1.82) is 0 Å². The second kappa shape index (κ2) is 5.21. The van der Waals surface area contributed by atoms with Crippen LogP contribution in [-0.4, -0.2) is 22.6 Å². The Morgan fingerprint density at radius 3 is 2.89 bits per heavy atom. The second-order valence-corrected chi connectivity index (χ2v) is 4.81. The molecule has 1 aliphatic rings. The van der Waals surface area contributed by atoms with Gasteiger partial charge in [0.15, 0.2) is 0 Å². The first-order valence-corrected chi connectivity index (χ1v) is 6.22. The summed E-state index contributed by atoms with van der Waals surface area (Å²) in [5, 5.41) is 12.3. The molecule has 18 heavy (non-hydrogen) atoms. The van der Waals surface area contributed by atoms with E-state index in [1.54, 1.807) is 6.07 Å². The third-order valence-electron chi connectivity index (χ3n) is 3.09. The maximum atomic E-state index is 11.2. The third kappa shape index (κ3) is 2.70. The minimum atomic E-state index is -0.930. The van der Waals surface area contributed by atoms with Crippen LogP contribution in [0.1, 0.15) is 41.4 Å². The van der Waals surface area contributed by atoms with Gasteiger partial charge in [0.05, 0.1) is 0 Å². The number of carboxylic acids is 1. The Labute approximate surface area is 107 Å². The van der Waals surface area contributed by atoms with Gasteiger partial charge in [-0.3, -0.25) is 0 Å². The zero-order valence-electron chi connectivity index (χ0n) is 10.6. The van der Waals surface area contributed by atoms with E-state index in [1.165, 1.54) is 0 Å². The number of hydrogen-bond donors (Lipinski definition) is 2. The molecule has 1 aliphatic carbocycles. The van der Waals surface area contributed by atoms with Crippen LogP contribution in [-0.2, 0) is 12.8 Å². The number of nitrogens with zero attached hydrogens (tertiary/aromatic N) is 1. The Kier molecular flexibility index (Phi) is 3.65. The number of pyridine rings is 1. The molecule has 0 saturated heterocycles. The summed E-state index contributed by atoms with van der Waals surface area (Å²) >= 11 is 0. The number of aryl methyl sites for hydroxylation is 2. The van der Waals surface area contributed by atoms with Gasteiger partial charge in [-0.15, -0.1) is 0 Å². The minimum absolute atomic E-state index is 0.261. The van der Waals surface area contributed by atoms with Crippen molar-refractivity contribution in [1.82, 2.24) is 4.98 Å². The lowest BCUT2D eigenvalue weighted by Crippen LogP contribution is -2.15. The van der Waals surface area contributed by atoms with Crippen molar-refractivity contribution in [2.24, 2.45) is 0 Å². The van der Waals surface area contributed by atoms with Crippen molar-refractivity contribution < 1.29 is 9.90 Å². The Morgan fingerprint density at radius 2 is 2.22 bits per heavy atom. The molecule has 2 N–H and O–H groups in total. The fourth-order valence-corrected chi connectivity index (χ4v) is 2.17. The van der Waals surface area contributed by atoms with Gasteiger partial charge in [-0.25, -0.2) is 9.78 Å². The topological polar surface area (TPSA) is 62.2 Å². The standard InChI is InChI=1S/C14H18N2O2/c1-9(2)8-15-13-11(14(17)18)7-10-5-3-4-6-12(10)16-13/h7H,1,3-6,8H2,2H3,(H,15,16)(H,17,18). The number of carboxylic acid groups (broad SMARTS) is 1. The summed E-state index contributed by atoms with van der Waals surface area (Å²) in [6.07, 6.45) is 4.12. The van der Waals surface area contributed by atoms with E-state index < -0.39 is 5.97 Å². The quantitative estimate of drug-likeness (QED) is 0.802. The molecule has 4 heteroatoms. The van der Waals surface area contributed by atoms with Crippen molar-refractivity contribution in [3.8, 4) is 0 Å². The summed E-state index contributed by atoms with van der Waals surface area (Å²) < 4.78 is 0. The molecule has 0 aromatic carbocycles. The number of nitrogens with one attached hydrogen (secondary N) is 1. The summed E-state index contributed by atoms with van der Waals surface area (Å²) in [5.74, 6) is -0.466. The van der Waals surface area contributed by atoms with Crippen LogP contribution in [0.4, 0.5) is 5.82 Å². The maximum Gasteiger partial charge on any atom is 0.339 e. The second-order valence-electron chi connectivity index (χ2n) is 4.81. The van der Waals surface area contributed by atoms with Gasteiger partial charge in [-0.2, -0.15) is 0 Å². The molecular formula is C14H18N2O2. The van der Waals surface area contributed by atoms with Crippen LogP contribution in [0, 0.1) is 0 Å². The van der Waals surface area contributed by atoms with E-state index in [0.29, 0.717) is 12.4 Å². The van der Waals surface area contributed by atoms with Crippen molar-refractivity contribution in [2.45, 2.75) is 32.6 Å². The van der Waals surface area contributed by atoms with Crippen LogP contribution in [0.3, 0.4) is 0 Å². The van der Waals surface area contributed by atoms with Gasteiger partial charge in [0.25, 0.3) is 0 Å². The van der Waals surface area contributed by atoms with E-state index in [-0.39, 0.29) is 5.56 Å². The van der Waals surface area contributed by atoms with Gasteiger partial charge in [0, 0.05) is 12.2 Å². The molecule has 1 heterocycles. The lowest BCUT2D eigenvalue weighted by molar-refractivity contribution is 0.0697. The highest BCUT2D eigenvalue weighted by molar-refractivity contribution is 5.93. The van der Waals surface area contributed by atoms with E-state index in [2.05, 4.69) is 16.9 Å². The van der Waals surface area contributed by atoms with Crippen LogP contribution in [0.25, 0.3) is 0 Å². The normalized spacial score (nSPS) is 13.8. The highest BCUT2D eigenvalue weighted by Crippen LogP contribution is 2.24. The number of aromatic carboxylic acids is 1. The SMILES string of the molecule is C=C(C)CNc1nc2c(cc1C(=O)O)CCCC2. The van der Waals surface area contributed by atoms with E-state index in [0.717, 1.165) is 42.5 Å². The monoisotopic (exact) mass is 246 g/mol. The molecule has 0 bridgehead atoms. The van der Waals surface area contributed by atoms with Crippen LogP contribution in [0.5, 0.6) is 0 Å². The van der Waals surface area contributed by atoms with Crippen LogP contribution in [0.15, 0.2) is 18.2 Å². The number of carbonyl (C=O) groups is 1. The average Bonchev–Trinajstić information content (AvgIpc) is 2.35. The molecule has 0 spiro atoms. The molecule has 0 radical (unpaired) electrons. The lowest BCUT2D eigenvalue weighted by atomic mass is 9.94. The zero-order chi connectivity index (χ0) is 13.1. The summed E-state index contributed by atoms with van der Waals surface area (Å²) in [4.78, 5) is 15.7. The Hall–Kier alpha value is -1.84. The van der Waals surface area contributed by atoms with E-state index >= 15 is 0 Å². The first-order chi connectivity index (χ1) is 8.58.